The minimum Gasteiger partial charge on any atom is -0.347 e. The first-order chi connectivity index (χ1) is 10.9. The SMILES string of the molecule is COC(COS(=O)(=O)c1ccc(C)cc1)(OC)c1ccccc1. The minimum atomic E-state index is -3.90. The minimum absolute atomic E-state index is 0.0947. The average molecular weight is 336 g/mol. The van der Waals surface area contributed by atoms with Gasteiger partial charge in [0.25, 0.3) is 10.1 Å². The van der Waals surface area contributed by atoms with Crippen LogP contribution in [0.1, 0.15) is 11.1 Å². The van der Waals surface area contributed by atoms with Crippen LogP contribution in [0.4, 0.5) is 0 Å². The van der Waals surface area contributed by atoms with Crippen molar-refractivity contribution in [1.29, 1.82) is 0 Å². The molecule has 0 saturated carbocycles. The summed E-state index contributed by atoms with van der Waals surface area (Å²) in [5.41, 5.74) is 1.64. The normalized spacial score (nSPS) is 12.3. The lowest BCUT2D eigenvalue weighted by Gasteiger charge is -2.30. The molecular formula is C17H20O5S. The van der Waals surface area contributed by atoms with Crippen molar-refractivity contribution in [3.05, 3.63) is 65.7 Å². The van der Waals surface area contributed by atoms with E-state index >= 15 is 0 Å². The van der Waals surface area contributed by atoms with E-state index in [4.69, 9.17) is 13.7 Å². The molecule has 2 rings (SSSR count). The number of hydrogen-bond donors (Lipinski definition) is 0. The van der Waals surface area contributed by atoms with E-state index in [0.29, 0.717) is 5.56 Å². The van der Waals surface area contributed by atoms with Crippen LogP contribution in [-0.2, 0) is 29.6 Å². The van der Waals surface area contributed by atoms with Gasteiger partial charge in [-0.05, 0) is 19.1 Å². The number of aryl methyl sites for hydroxylation is 1. The number of rotatable bonds is 7. The highest BCUT2D eigenvalue weighted by Gasteiger charge is 2.35. The summed E-state index contributed by atoms with van der Waals surface area (Å²) in [7, 11) is -1.01. The van der Waals surface area contributed by atoms with E-state index in [1.807, 2.05) is 25.1 Å². The zero-order valence-electron chi connectivity index (χ0n) is 13.4. The molecule has 0 fully saturated rings. The third-order valence-corrected chi connectivity index (χ3v) is 4.86. The van der Waals surface area contributed by atoms with Gasteiger partial charge in [-0.1, -0.05) is 48.0 Å². The maximum atomic E-state index is 12.3. The predicted octanol–water partition coefficient (Wildman–Crippen LogP) is 2.85. The predicted molar refractivity (Wildman–Crippen MR) is 86.5 cm³/mol. The van der Waals surface area contributed by atoms with Gasteiger partial charge in [-0.2, -0.15) is 8.42 Å². The van der Waals surface area contributed by atoms with Gasteiger partial charge in [-0.15, -0.1) is 0 Å². The molecule has 2 aromatic carbocycles. The van der Waals surface area contributed by atoms with Crippen LogP contribution < -0.4 is 0 Å². The van der Waals surface area contributed by atoms with E-state index in [1.54, 1.807) is 24.3 Å². The van der Waals surface area contributed by atoms with Crippen LogP contribution in [0.25, 0.3) is 0 Å². The fourth-order valence-corrected chi connectivity index (χ4v) is 3.06. The van der Waals surface area contributed by atoms with Gasteiger partial charge in [0.15, 0.2) is 0 Å². The molecule has 0 spiro atoms. The highest BCUT2D eigenvalue weighted by molar-refractivity contribution is 7.86. The summed E-state index contributed by atoms with van der Waals surface area (Å²) >= 11 is 0. The molecule has 0 N–H and O–H groups in total. The molecule has 0 aliphatic carbocycles. The molecule has 0 radical (unpaired) electrons. The summed E-state index contributed by atoms with van der Waals surface area (Å²) in [6.45, 7) is 1.59. The molecule has 0 aliphatic rings. The lowest BCUT2D eigenvalue weighted by molar-refractivity contribution is -0.231. The summed E-state index contributed by atoms with van der Waals surface area (Å²) in [6.07, 6.45) is 0. The van der Waals surface area contributed by atoms with Gasteiger partial charge in [-0.3, -0.25) is 4.18 Å². The maximum absolute atomic E-state index is 12.3. The zero-order chi connectivity index (χ0) is 16.9. The topological polar surface area (TPSA) is 61.8 Å². The summed E-state index contributed by atoms with van der Waals surface area (Å²) in [5.74, 6) is -1.29. The van der Waals surface area contributed by atoms with Crippen LogP contribution in [-0.4, -0.2) is 29.2 Å². The van der Waals surface area contributed by atoms with Crippen molar-refractivity contribution in [2.75, 3.05) is 20.8 Å². The largest absolute Gasteiger partial charge is 0.347 e. The van der Waals surface area contributed by atoms with Crippen molar-refractivity contribution in [2.24, 2.45) is 0 Å². The highest BCUT2D eigenvalue weighted by atomic mass is 32.2. The molecule has 124 valence electrons. The lowest BCUT2D eigenvalue weighted by Crippen LogP contribution is -2.37. The zero-order valence-corrected chi connectivity index (χ0v) is 14.2. The second-order valence-electron chi connectivity index (χ2n) is 5.06. The van der Waals surface area contributed by atoms with Gasteiger partial charge in [0.2, 0.25) is 5.79 Å². The van der Waals surface area contributed by atoms with Crippen LogP contribution in [0.15, 0.2) is 59.5 Å². The van der Waals surface area contributed by atoms with E-state index < -0.39 is 15.9 Å². The molecule has 0 saturated heterocycles. The lowest BCUT2D eigenvalue weighted by atomic mass is 10.1. The number of ether oxygens (including phenoxy) is 2. The first kappa shape index (κ1) is 17.6. The Morgan fingerprint density at radius 3 is 2.00 bits per heavy atom. The standard InChI is InChI=1S/C17H20O5S/c1-14-9-11-16(12-10-14)23(18,19)22-13-17(20-2,21-3)15-7-5-4-6-8-15/h4-12H,13H2,1-3H3. The fourth-order valence-electron chi connectivity index (χ4n) is 2.14. The Hall–Kier alpha value is -1.73. The number of benzene rings is 2. The Bertz CT molecular complexity index is 719. The van der Waals surface area contributed by atoms with Crippen molar-refractivity contribution in [1.82, 2.24) is 0 Å². The van der Waals surface area contributed by atoms with Gasteiger partial charge in [0.05, 0.1) is 4.90 Å². The van der Waals surface area contributed by atoms with Crippen molar-refractivity contribution >= 4 is 10.1 Å². The summed E-state index contributed by atoms with van der Waals surface area (Å²) < 4.78 is 40.6. The van der Waals surface area contributed by atoms with Crippen molar-refractivity contribution in [2.45, 2.75) is 17.6 Å². The molecule has 2 aromatic rings. The van der Waals surface area contributed by atoms with Gasteiger partial charge in [-0.25, -0.2) is 0 Å². The average Bonchev–Trinajstić information content (AvgIpc) is 2.58. The monoisotopic (exact) mass is 336 g/mol. The van der Waals surface area contributed by atoms with Gasteiger partial charge < -0.3 is 9.47 Å². The molecule has 5 nitrogen and oxygen atoms in total. The molecule has 0 amide bonds. The van der Waals surface area contributed by atoms with E-state index in [1.165, 1.54) is 26.4 Å². The van der Waals surface area contributed by atoms with Crippen LogP contribution in [0.3, 0.4) is 0 Å². The Labute approximate surface area is 136 Å². The first-order valence-corrected chi connectivity index (χ1v) is 8.46. The second-order valence-corrected chi connectivity index (χ2v) is 6.67. The van der Waals surface area contributed by atoms with Crippen LogP contribution in [0.5, 0.6) is 0 Å². The highest BCUT2D eigenvalue weighted by Crippen LogP contribution is 2.28. The molecule has 0 aromatic heterocycles. The summed E-state index contributed by atoms with van der Waals surface area (Å²) in [5, 5.41) is 0. The quantitative estimate of drug-likeness (QED) is 0.575. The summed E-state index contributed by atoms with van der Waals surface area (Å²) in [4.78, 5) is 0.0947. The van der Waals surface area contributed by atoms with E-state index in [-0.39, 0.29) is 11.5 Å². The van der Waals surface area contributed by atoms with Crippen molar-refractivity contribution < 1.29 is 22.1 Å². The van der Waals surface area contributed by atoms with E-state index in [9.17, 15) is 8.42 Å². The third kappa shape index (κ3) is 3.97. The second kappa shape index (κ2) is 7.23. The van der Waals surface area contributed by atoms with Gasteiger partial charge >= 0.3 is 0 Å². The van der Waals surface area contributed by atoms with Crippen LogP contribution in [0, 0.1) is 6.92 Å². The summed E-state index contributed by atoms with van der Waals surface area (Å²) in [6, 6.07) is 15.5. The van der Waals surface area contributed by atoms with Gasteiger partial charge in [0, 0.05) is 19.8 Å². The number of hydrogen-bond acceptors (Lipinski definition) is 5. The van der Waals surface area contributed by atoms with Crippen LogP contribution in [0.2, 0.25) is 0 Å². The van der Waals surface area contributed by atoms with Gasteiger partial charge in [0.1, 0.15) is 6.61 Å². The Morgan fingerprint density at radius 2 is 1.48 bits per heavy atom. The van der Waals surface area contributed by atoms with Crippen molar-refractivity contribution in [3.63, 3.8) is 0 Å². The molecule has 6 heteroatoms. The Balaban J connectivity index is 2.23. The Morgan fingerprint density at radius 1 is 0.913 bits per heavy atom. The van der Waals surface area contributed by atoms with E-state index in [0.717, 1.165) is 5.56 Å². The molecular weight excluding hydrogens is 316 g/mol. The van der Waals surface area contributed by atoms with E-state index in [2.05, 4.69) is 0 Å². The maximum Gasteiger partial charge on any atom is 0.297 e. The number of methoxy groups -OCH3 is 2. The van der Waals surface area contributed by atoms with Crippen molar-refractivity contribution in [3.8, 4) is 0 Å². The third-order valence-electron chi connectivity index (χ3n) is 3.59. The Kier molecular flexibility index (Phi) is 5.54. The molecule has 0 unspecified atom stereocenters. The molecule has 0 bridgehead atoms. The fraction of sp³-hybridized carbons (Fsp3) is 0.294. The molecule has 0 aliphatic heterocycles. The smallest absolute Gasteiger partial charge is 0.297 e. The molecule has 0 atom stereocenters. The van der Waals surface area contributed by atoms with Crippen LogP contribution >= 0.6 is 0 Å². The molecule has 0 heterocycles. The first-order valence-electron chi connectivity index (χ1n) is 7.05. The molecule has 23 heavy (non-hydrogen) atoms.